The molecule has 1 unspecified atom stereocenters. The molecule has 0 amide bonds. The van der Waals surface area contributed by atoms with Gasteiger partial charge in [0.1, 0.15) is 0 Å². The van der Waals surface area contributed by atoms with Crippen LogP contribution in [0.4, 0.5) is 0 Å². The van der Waals surface area contributed by atoms with Gasteiger partial charge in [0, 0.05) is 18.0 Å². The van der Waals surface area contributed by atoms with Gasteiger partial charge in [-0.05, 0) is 50.7 Å². The van der Waals surface area contributed by atoms with Gasteiger partial charge in [-0.25, -0.2) is 8.42 Å². The van der Waals surface area contributed by atoms with E-state index >= 15 is 0 Å². The Morgan fingerprint density at radius 1 is 1.24 bits per heavy atom. The van der Waals surface area contributed by atoms with Gasteiger partial charge >= 0.3 is 0 Å². The van der Waals surface area contributed by atoms with E-state index in [4.69, 9.17) is 0 Å². The van der Waals surface area contributed by atoms with Gasteiger partial charge in [-0.15, -0.1) is 0 Å². The van der Waals surface area contributed by atoms with Crippen molar-refractivity contribution in [3.63, 3.8) is 0 Å². The summed E-state index contributed by atoms with van der Waals surface area (Å²) in [4.78, 5) is 0.567. The van der Waals surface area contributed by atoms with Crippen molar-refractivity contribution in [3.8, 4) is 0 Å². The third kappa shape index (κ3) is 2.64. The maximum Gasteiger partial charge on any atom is 0.179 e. The monoisotopic (exact) mass is 307 g/mol. The Kier molecular flexibility index (Phi) is 3.45. The molecule has 3 nitrogen and oxygen atoms in total. The Morgan fingerprint density at radius 2 is 1.90 bits per heavy atom. The van der Waals surface area contributed by atoms with E-state index in [-0.39, 0.29) is 22.6 Å². The summed E-state index contributed by atoms with van der Waals surface area (Å²) in [6.07, 6.45) is 3.47. The lowest BCUT2D eigenvalue weighted by Gasteiger charge is -2.48. The van der Waals surface area contributed by atoms with Crippen LogP contribution in [0, 0.1) is 5.41 Å². The molecule has 1 N–H and O–H groups in total. The number of fused-ring (bicyclic) bond motifs is 1. The number of hydrogen-bond donors (Lipinski definition) is 1. The van der Waals surface area contributed by atoms with E-state index in [0.717, 1.165) is 24.9 Å². The van der Waals surface area contributed by atoms with Crippen molar-refractivity contribution in [2.45, 2.75) is 56.4 Å². The molecule has 3 rings (SSSR count). The minimum absolute atomic E-state index is 0.0690. The summed E-state index contributed by atoms with van der Waals surface area (Å²) in [5.74, 6) is 0.445. The van der Waals surface area contributed by atoms with Crippen LogP contribution in [0.5, 0.6) is 0 Å². The van der Waals surface area contributed by atoms with Gasteiger partial charge in [0.2, 0.25) is 0 Å². The summed E-state index contributed by atoms with van der Waals surface area (Å²) < 4.78 is 24.9. The van der Waals surface area contributed by atoms with E-state index < -0.39 is 9.84 Å². The van der Waals surface area contributed by atoms with E-state index in [0.29, 0.717) is 4.90 Å². The van der Waals surface area contributed by atoms with Crippen molar-refractivity contribution in [1.29, 1.82) is 0 Å². The quantitative estimate of drug-likeness (QED) is 0.933. The Labute approximate surface area is 128 Å². The molecule has 0 saturated heterocycles. The summed E-state index contributed by atoms with van der Waals surface area (Å²) in [6.45, 7) is 7.40. The number of benzene rings is 1. The smallest absolute Gasteiger partial charge is 0.179 e. The summed E-state index contributed by atoms with van der Waals surface area (Å²) in [5.41, 5.74) is 1.24. The standard InChI is InChI=1S/C17H25NO2S/c1-16(2,3)18-12-17(9-6-10-17)14-11-21(19,20)15-8-5-4-7-13(14)15/h4-5,7-8,14,18H,6,9-12H2,1-3H3. The number of sulfone groups is 1. The number of rotatable bonds is 3. The lowest BCUT2D eigenvalue weighted by Crippen LogP contribution is -2.50. The molecular formula is C17H25NO2S. The van der Waals surface area contributed by atoms with Crippen LogP contribution in [0.3, 0.4) is 0 Å². The first-order chi connectivity index (χ1) is 9.74. The first-order valence-electron chi connectivity index (χ1n) is 7.80. The second-order valence-electron chi connectivity index (χ2n) is 7.69. The molecule has 1 atom stereocenters. The Balaban J connectivity index is 1.93. The van der Waals surface area contributed by atoms with Crippen LogP contribution in [0.25, 0.3) is 0 Å². The van der Waals surface area contributed by atoms with Crippen LogP contribution in [0.2, 0.25) is 0 Å². The van der Waals surface area contributed by atoms with Gasteiger partial charge in [-0.1, -0.05) is 24.6 Å². The predicted octanol–water partition coefficient (Wildman–Crippen LogP) is 3.12. The minimum atomic E-state index is -3.10. The van der Waals surface area contributed by atoms with Gasteiger partial charge in [-0.2, -0.15) is 0 Å². The van der Waals surface area contributed by atoms with Gasteiger partial charge in [0.25, 0.3) is 0 Å². The molecule has 2 aliphatic rings. The largest absolute Gasteiger partial charge is 0.311 e. The Morgan fingerprint density at radius 3 is 2.48 bits per heavy atom. The third-order valence-corrected chi connectivity index (χ3v) is 6.89. The second-order valence-corrected chi connectivity index (χ2v) is 9.69. The van der Waals surface area contributed by atoms with Crippen LogP contribution in [-0.4, -0.2) is 26.3 Å². The Bertz CT molecular complexity index is 639. The number of hydrogen-bond acceptors (Lipinski definition) is 3. The van der Waals surface area contributed by atoms with Crippen molar-refractivity contribution in [2.24, 2.45) is 5.41 Å². The Hall–Kier alpha value is -0.870. The van der Waals surface area contributed by atoms with Crippen LogP contribution < -0.4 is 5.32 Å². The minimum Gasteiger partial charge on any atom is -0.311 e. The average Bonchev–Trinajstić information content (AvgIpc) is 2.60. The molecule has 1 aromatic carbocycles. The van der Waals surface area contributed by atoms with Gasteiger partial charge in [0.05, 0.1) is 10.6 Å². The fourth-order valence-electron chi connectivity index (χ4n) is 3.68. The third-order valence-electron chi connectivity index (χ3n) is 5.07. The first kappa shape index (κ1) is 15.0. The zero-order valence-corrected chi connectivity index (χ0v) is 14.0. The molecule has 4 heteroatoms. The highest BCUT2D eigenvalue weighted by Gasteiger charge is 2.50. The maximum atomic E-state index is 12.4. The SMILES string of the molecule is CC(C)(C)NCC1(C2CS(=O)(=O)c3ccccc32)CCC1. The highest BCUT2D eigenvalue weighted by atomic mass is 32.2. The molecule has 1 heterocycles. The van der Waals surface area contributed by atoms with E-state index in [9.17, 15) is 8.42 Å². The van der Waals surface area contributed by atoms with E-state index in [1.165, 1.54) is 6.42 Å². The topological polar surface area (TPSA) is 46.2 Å². The highest BCUT2D eigenvalue weighted by molar-refractivity contribution is 7.91. The zero-order chi connectivity index (χ0) is 15.3. The molecule has 116 valence electrons. The molecule has 0 aromatic heterocycles. The summed E-state index contributed by atoms with van der Waals surface area (Å²) in [7, 11) is -3.10. The van der Waals surface area contributed by atoms with Crippen molar-refractivity contribution in [1.82, 2.24) is 5.32 Å². The van der Waals surface area contributed by atoms with Crippen molar-refractivity contribution >= 4 is 9.84 Å². The molecule has 1 fully saturated rings. The fourth-order valence-corrected chi connectivity index (χ4v) is 5.68. The average molecular weight is 307 g/mol. The van der Waals surface area contributed by atoms with Crippen LogP contribution in [-0.2, 0) is 9.84 Å². The molecule has 0 radical (unpaired) electrons. The maximum absolute atomic E-state index is 12.4. The van der Waals surface area contributed by atoms with Crippen LogP contribution in [0.1, 0.15) is 51.5 Å². The number of nitrogens with one attached hydrogen (secondary N) is 1. The van der Waals surface area contributed by atoms with E-state index in [2.05, 4.69) is 26.1 Å². The van der Waals surface area contributed by atoms with Gasteiger partial charge in [0.15, 0.2) is 9.84 Å². The van der Waals surface area contributed by atoms with Crippen molar-refractivity contribution in [2.75, 3.05) is 12.3 Å². The molecule has 0 bridgehead atoms. The van der Waals surface area contributed by atoms with Crippen molar-refractivity contribution in [3.05, 3.63) is 29.8 Å². The molecule has 1 aliphatic heterocycles. The fraction of sp³-hybridized carbons (Fsp3) is 0.647. The molecule has 0 spiro atoms. The molecule has 1 aromatic rings. The molecule has 1 aliphatic carbocycles. The van der Waals surface area contributed by atoms with Gasteiger partial charge in [-0.3, -0.25) is 0 Å². The predicted molar refractivity (Wildman–Crippen MR) is 85.3 cm³/mol. The molecular weight excluding hydrogens is 282 g/mol. The highest BCUT2D eigenvalue weighted by Crippen LogP contribution is 2.55. The van der Waals surface area contributed by atoms with Gasteiger partial charge < -0.3 is 5.32 Å². The second kappa shape index (κ2) is 4.82. The van der Waals surface area contributed by atoms with E-state index in [1.807, 2.05) is 18.2 Å². The molecule has 21 heavy (non-hydrogen) atoms. The zero-order valence-electron chi connectivity index (χ0n) is 13.1. The summed E-state index contributed by atoms with van der Waals surface area (Å²) in [5, 5.41) is 3.60. The first-order valence-corrected chi connectivity index (χ1v) is 9.46. The summed E-state index contributed by atoms with van der Waals surface area (Å²) in [6, 6.07) is 7.59. The van der Waals surface area contributed by atoms with Crippen LogP contribution >= 0.6 is 0 Å². The lowest BCUT2D eigenvalue weighted by atomic mass is 9.59. The molecule has 1 saturated carbocycles. The normalized spacial score (nSPS) is 26.1. The van der Waals surface area contributed by atoms with E-state index in [1.54, 1.807) is 6.07 Å². The lowest BCUT2D eigenvalue weighted by molar-refractivity contribution is 0.0897. The van der Waals surface area contributed by atoms with Crippen molar-refractivity contribution < 1.29 is 8.42 Å². The van der Waals surface area contributed by atoms with Crippen LogP contribution in [0.15, 0.2) is 29.2 Å². The summed E-state index contributed by atoms with van der Waals surface area (Å²) >= 11 is 0.